The van der Waals surface area contributed by atoms with Crippen molar-refractivity contribution in [3.63, 3.8) is 0 Å². The fourth-order valence-corrected chi connectivity index (χ4v) is 3.00. The highest BCUT2D eigenvalue weighted by atomic mass is 15.1. The molecule has 0 aromatic carbocycles. The second kappa shape index (κ2) is 3.54. The van der Waals surface area contributed by atoms with Crippen LogP contribution in [0.5, 0.6) is 0 Å². The highest BCUT2D eigenvalue weighted by molar-refractivity contribution is 6.17. The maximum absolute atomic E-state index is 4.44. The van der Waals surface area contributed by atoms with E-state index in [1.54, 1.807) is 12.4 Å². The molecule has 0 fully saturated rings. The smallest absolute Gasteiger partial charge is 0.139 e. The number of nitrogens with one attached hydrogen (secondary N) is 1. The van der Waals surface area contributed by atoms with Crippen molar-refractivity contribution < 1.29 is 0 Å². The molecule has 5 heterocycles. The Morgan fingerprint density at radius 1 is 0.905 bits per heavy atom. The zero-order valence-corrected chi connectivity index (χ0v) is 11.2. The summed E-state index contributed by atoms with van der Waals surface area (Å²) in [5.41, 5.74) is 7.29. The second-order valence-corrected chi connectivity index (χ2v) is 5.08. The first kappa shape index (κ1) is 10.7. The Kier molecular flexibility index (Phi) is 1.81. The van der Waals surface area contributed by atoms with Gasteiger partial charge in [0.1, 0.15) is 22.1 Å². The van der Waals surface area contributed by atoms with E-state index in [9.17, 15) is 0 Å². The van der Waals surface area contributed by atoms with Crippen molar-refractivity contribution in [2.45, 2.75) is 0 Å². The third-order valence-corrected chi connectivity index (χ3v) is 3.95. The summed E-state index contributed by atoms with van der Waals surface area (Å²) in [7, 11) is 2.02. The van der Waals surface area contributed by atoms with Gasteiger partial charge in [0.15, 0.2) is 0 Å². The molecule has 0 saturated carbocycles. The predicted molar refractivity (Wildman–Crippen MR) is 81.0 cm³/mol. The van der Waals surface area contributed by atoms with Crippen molar-refractivity contribution in [1.29, 1.82) is 0 Å². The summed E-state index contributed by atoms with van der Waals surface area (Å²) >= 11 is 0. The fourth-order valence-electron chi connectivity index (χ4n) is 3.00. The number of hydrogen-bond donors (Lipinski definition) is 1. The minimum absolute atomic E-state index is 0.795. The quantitative estimate of drug-likeness (QED) is 0.471. The van der Waals surface area contributed by atoms with Crippen LogP contribution in [0.15, 0.2) is 36.7 Å². The summed E-state index contributed by atoms with van der Waals surface area (Å²) in [6.07, 6.45) is 3.55. The van der Waals surface area contributed by atoms with E-state index in [1.165, 1.54) is 0 Å². The maximum atomic E-state index is 4.44. The van der Waals surface area contributed by atoms with Crippen LogP contribution in [0, 0.1) is 0 Å². The second-order valence-electron chi connectivity index (χ2n) is 5.08. The van der Waals surface area contributed by atoms with Gasteiger partial charge >= 0.3 is 0 Å². The number of rotatable bonds is 0. The molecule has 0 aliphatic heterocycles. The normalized spacial score (nSPS) is 12.0. The van der Waals surface area contributed by atoms with E-state index in [2.05, 4.69) is 29.7 Å². The first-order valence-corrected chi connectivity index (χ1v) is 6.67. The highest BCUT2D eigenvalue weighted by Crippen LogP contribution is 2.31. The zero-order chi connectivity index (χ0) is 14.0. The molecular formula is C15H10N6. The number of nitrogens with zero attached hydrogens (tertiary/aromatic N) is 5. The molecule has 6 heteroatoms. The molecule has 0 unspecified atom stereocenters. The Morgan fingerprint density at radius 2 is 1.67 bits per heavy atom. The average molecular weight is 274 g/mol. The number of H-pyrrole nitrogens is 1. The van der Waals surface area contributed by atoms with E-state index in [0.717, 1.165) is 44.1 Å². The van der Waals surface area contributed by atoms with Crippen LogP contribution in [0.3, 0.4) is 0 Å². The molecule has 0 atom stereocenters. The largest absolute Gasteiger partial charge is 0.350 e. The van der Waals surface area contributed by atoms with Gasteiger partial charge in [0.25, 0.3) is 0 Å². The first-order valence-electron chi connectivity index (χ1n) is 6.67. The van der Waals surface area contributed by atoms with Gasteiger partial charge in [-0.15, -0.1) is 10.2 Å². The number of pyridine rings is 2. The summed E-state index contributed by atoms with van der Waals surface area (Å²) in [5.74, 6) is 0. The molecule has 100 valence electrons. The molecule has 6 nitrogen and oxygen atoms in total. The number of aromatic amines is 1. The molecule has 0 aliphatic carbocycles. The Balaban J connectivity index is 2.14. The van der Waals surface area contributed by atoms with Crippen LogP contribution < -0.4 is 0 Å². The van der Waals surface area contributed by atoms with Gasteiger partial charge in [-0.25, -0.2) is 0 Å². The van der Waals surface area contributed by atoms with Crippen molar-refractivity contribution in [3.8, 4) is 0 Å². The van der Waals surface area contributed by atoms with Crippen LogP contribution in [0.25, 0.3) is 44.1 Å². The lowest BCUT2D eigenvalue weighted by atomic mass is 10.3. The van der Waals surface area contributed by atoms with Crippen molar-refractivity contribution in [2.75, 3.05) is 0 Å². The van der Waals surface area contributed by atoms with Crippen LogP contribution in [0.2, 0.25) is 0 Å². The molecule has 0 bridgehead atoms. The van der Waals surface area contributed by atoms with E-state index < -0.39 is 0 Å². The van der Waals surface area contributed by atoms with Crippen molar-refractivity contribution in [3.05, 3.63) is 36.7 Å². The van der Waals surface area contributed by atoms with Crippen LogP contribution >= 0.6 is 0 Å². The SMILES string of the molecule is Cn1c2cccnc2c2nnc3c4ncccc4[nH]c3c21. The van der Waals surface area contributed by atoms with Gasteiger partial charge < -0.3 is 9.55 Å². The van der Waals surface area contributed by atoms with Gasteiger partial charge in [-0.05, 0) is 24.3 Å². The van der Waals surface area contributed by atoms with Crippen molar-refractivity contribution in [1.82, 2.24) is 29.7 Å². The average Bonchev–Trinajstić information content (AvgIpc) is 3.04. The van der Waals surface area contributed by atoms with Crippen LogP contribution in [-0.4, -0.2) is 29.7 Å². The molecule has 5 rings (SSSR count). The van der Waals surface area contributed by atoms with E-state index in [-0.39, 0.29) is 0 Å². The molecule has 5 aromatic heterocycles. The van der Waals surface area contributed by atoms with Crippen LogP contribution in [0.1, 0.15) is 0 Å². The molecule has 0 radical (unpaired) electrons. The molecule has 5 aromatic rings. The summed E-state index contributed by atoms with van der Waals surface area (Å²) in [4.78, 5) is 12.2. The lowest BCUT2D eigenvalue weighted by Gasteiger charge is -1.97. The Labute approximate surface area is 118 Å². The summed E-state index contributed by atoms with van der Waals surface area (Å²) in [6.45, 7) is 0. The molecule has 0 saturated heterocycles. The van der Waals surface area contributed by atoms with E-state index in [4.69, 9.17) is 0 Å². The monoisotopic (exact) mass is 274 g/mol. The maximum Gasteiger partial charge on any atom is 0.139 e. The summed E-state index contributed by atoms with van der Waals surface area (Å²) in [5, 5.41) is 8.75. The summed E-state index contributed by atoms with van der Waals surface area (Å²) in [6, 6.07) is 7.87. The predicted octanol–water partition coefficient (Wildman–Crippen LogP) is 2.55. The van der Waals surface area contributed by atoms with Gasteiger partial charge in [-0.2, -0.15) is 0 Å². The van der Waals surface area contributed by atoms with Gasteiger partial charge in [-0.3, -0.25) is 9.97 Å². The Morgan fingerprint density at radius 3 is 2.57 bits per heavy atom. The molecular weight excluding hydrogens is 264 g/mol. The Bertz CT molecular complexity index is 1150. The molecule has 0 amide bonds. The first-order chi connectivity index (χ1) is 10.3. The van der Waals surface area contributed by atoms with Crippen LogP contribution in [0.4, 0.5) is 0 Å². The van der Waals surface area contributed by atoms with E-state index in [1.807, 2.05) is 31.3 Å². The standard InChI is InChI=1S/C15H10N6/c1-21-9-5-3-7-17-11(9)14-15(21)13-12(19-20-14)10-8(18-13)4-2-6-16-10/h2-7,18H,1H3. The molecule has 0 aliphatic rings. The van der Waals surface area contributed by atoms with Crippen molar-refractivity contribution >= 4 is 44.1 Å². The fraction of sp³-hybridized carbons (Fsp3) is 0.0667. The lowest BCUT2D eigenvalue weighted by molar-refractivity contribution is 1.01. The Hall–Kier alpha value is -3.02. The minimum Gasteiger partial charge on any atom is -0.350 e. The molecule has 21 heavy (non-hydrogen) atoms. The van der Waals surface area contributed by atoms with Gasteiger partial charge in [0.2, 0.25) is 0 Å². The van der Waals surface area contributed by atoms with Crippen LogP contribution in [-0.2, 0) is 7.05 Å². The lowest BCUT2D eigenvalue weighted by Crippen LogP contribution is -1.90. The number of aromatic nitrogens is 6. The van der Waals surface area contributed by atoms with Crippen molar-refractivity contribution in [2.24, 2.45) is 7.05 Å². The third kappa shape index (κ3) is 1.22. The van der Waals surface area contributed by atoms with E-state index in [0.29, 0.717) is 0 Å². The number of hydrogen-bond acceptors (Lipinski definition) is 4. The summed E-state index contributed by atoms with van der Waals surface area (Å²) < 4.78 is 2.10. The highest BCUT2D eigenvalue weighted by Gasteiger charge is 2.17. The van der Waals surface area contributed by atoms with Gasteiger partial charge in [0.05, 0.1) is 22.1 Å². The van der Waals surface area contributed by atoms with Gasteiger partial charge in [-0.1, -0.05) is 0 Å². The van der Waals surface area contributed by atoms with Gasteiger partial charge in [0, 0.05) is 19.4 Å². The molecule has 1 N–H and O–H groups in total. The number of aryl methyl sites for hydroxylation is 1. The zero-order valence-electron chi connectivity index (χ0n) is 11.2. The molecule has 0 spiro atoms. The number of fused-ring (bicyclic) bond motifs is 7. The topological polar surface area (TPSA) is 72.3 Å². The minimum atomic E-state index is 0.795. The van der Waals surface area contributed by atoms with E-state index >= 15 is 0 Å². The third-order valence-electron chi connectivity index (χ3n) is 3.95.